The van der Waals surface area contributed by atoms with Crippen molar-refractivity contribution in [2.45, 2.75) is 270 Å². The molecule has 0 fully saturated rings. The van der Waals surface area contributed by atoms with Gasteiger partial charge in [-0.3, -0.25) is 0 Å². The lowest BCUT2D eigenvalue weighted by Crippen LogP contribution is -2.51. The number of rotatable bonds is 38. The van der Waals surface area contributed by atoms with E-state index in [0.29, 0.717) is 0 Å². The van der Waals surface area contributed by atoms with E-state index in [4.69, 9.17) is 4.12 Å². The Labute approximate surface area is 290 Å². The molecule has 0 amide bonds. The van der Waals surface area contributed by atoms with E-state index in [1.165, 1.54) is 229 Å². The number of hydrogen-bond acceptors (Lipinski definition) is 1. The first-order valence-electron chi connectivity index (χ1n) is 21.8. The third kappa shape index (κ3) is 27.0. The summed E-state index contributed by atoms with van der Waals surface area (Å²) in [7, 11) is -3.55. The van der Waals surface area contributed by atoms with Gasteiger partial charge < -0.3 is 4.12 Å². The monoisotopic (exact) mass is 667 g/mol. The first-order chi connectivity index (χ1) is 22.1. The van der Waals surface area contributed by atoms with E-state index >= 15 is 0 Å². The van der Waals surface area contributed by atoms with E-state index < -0.39 is 16.6 Å². The minimum Gasteiger partial charge on any atom is -0.455 e. The molecule has 272 valence electrons. The van der Waals surface area contributed by atoms with Crippen LogP contribution in [0.25, 0.3) is 0 Å². The Kier molecular flexibility index (Phi) is 34.6. The lowest BCUT2D eigenvalue weighted by molar-refractivity contribution is 0.463. The SMILES string of the molecule is CCCCCCC[Si](CCCCCCC)(CCCCCCC)O[Si](CCCCCCC)(CCCCCCC)CCCCCCC. The summed E-state index contributed by atoms with van der Waals surface area (Å²) in [6, 6.07) is 8.97. The molecule has 0 spiro atoms. The maximum Gasteiger partial charge on any atom is 0.179 e. The highest BCUT2D eigenvalue weighted by atomic mass is 28.4. The molecule has 0 N–H and O–H groups in total. The molecule has 45 heavy (non-hydrogen) atoms. The third-order valence-electron chi connectivity index (χ3n) is 10.8. The molecule has 0 saturated heterocycles. The molecule has 0 aromatic heterocycles. The van der Waals surface area contributed by atoms with E-state index in [0.717, 1.165) is 0 Å². The van der Waals surface area contributed by atoms with E-state index in [1.54, 1.807) is 0 Å². The second-order valence-corrected chi connectivity index (χ2v) is 24.0. The van der Waals surface area contributed by atoms with Crippen LogP contribution < -0.4 is 0 Å². The van der Waals surface area contributed by atoms with E-state index in [9.17, 15) is 0 Å². The standard InChI is InChI=1S/C42H90OSi2/c1-7-13-19-25-31-37-44(38-32-26-20-14-8-2,39-33-27-21-15-9-3)43-45(40-34-28-22-16-10-4,41-35-29-23-17-11-5)42-36-30-24-18-12-6/h7-42H2,1-6H3. The zero-order chi connectivity index (χ0) is 33.2. The van der Waals surface area contributed by atoms with Crippen LogP contribution in [0.4, 0.5) is 0 Å². The van der Waals surface area contributed by atoms with Gasteiger partial charge in [-0.05, 0) is 36.3 Å². The summed E-state index contributed by atoms with van der Waals surface area (Å²) in [5, 5.41) is 0. The van der Waals surface area contributed by atoms with Gasteiger partial charge in [-0.25, -0.2) is 0 Å². The fourth-order valence-electron chi connectivity index (χ4n) is 7.82. The van der Waals surface area contributed by atoms with Gasteiger partial charge in [0.05, 0.1) is 0 Å². The van der Waals surface area contributed by atoms with Crippen LogP contribution in [-0.4, -0.2) is 16.6 Å². The molecule has 0 saturated carbocycles. The smallest absolute Gasteiger partial charge is 0.179 e. The maximum absolute atomic E-state index is 8.34. The van der Waals surface area contributed by atoms with Gasteiger partial charge in [-0.2, -0.15) is 0 Å². The summed E-state index contributed by atoms with van der Waals surface area (Å²) in [6.45, 7) is 14.2. The molecule has 0 aliphatic rings. The fourth-order valence-corrected chi connectivity index (χ4v) is 20.8. The van der Waals surface area contributed by atoms with Crippen LogP contribution in [0.2, 0.25) is 36.3 Å². The Balaban J connectivity index is 6.24. The highest BCUT2D eigenvalue weighted by Crippen LogP contribution is 2.40. The number of unbranched alkanes of at least 4 members (excludes halogenated alkanes) is 24. The molecular formula is C42H90OSi2. The lowest BCUT2D eigenvalue weighted by atomic mass is 10.2. The molecule has 0 aromatic rings. The van der Waals surface area contributed by atoms with Crippen LogP contribution in [0, 0.1) is 0 Å². The topological polar surface area (TPSA) is 9.23 Å². The predicted octanol–water partition coefficient (Wildman–Crippen LogP) is 16.7. The fraction of sp³-hybridized carbons (Fsp3) is 1.00. The van der Waals surface area contributed by atoms with Crippen molar-refractivity contribution in [2.24, 2.45) is 0 Å². The summed E-state index contributed by atoms with van der Waals surface area (Å²) in [5.74, 6) is 0. The molecule has 1 nitrogen and oxygen atoms in total. The van der Waals surface area contributed by atoms with Gasteiger partial charge in [0.25, 0.3) is 0 Å². The summed E-state index contributed by atoms with van der Waals surface area (Å²) in [5.41, 5.74) is 0. The summed E-state index contributed by atoms with van der Waals surface area (Å²) >= 11 is 0. The molecule has 0 atom stereocenters. The molecular weight excluding hydrogens is 577 g/mol. The van der Waals surface area contributed by atoms with Crippen LogP contribution in [0.1, 0.15) is 234 Å². The van der Waals surface area contributed by atoms with Crippen molar-refractivity contribution in [2.75, 3.05) is 0 Å². The van der Waals surface area contributed by atoms with Crippen LogP contribution in [0.3, 0.4) is 0 Å². The Bertz CT molecular complexity index is 445. The van der Waals surface area contributed by atoms with Crippen molar-refractivity contribution < 1.29 is 4.12 Å². The normalized spacial score (nSPS) is 12.4. The molecule has 0 bridgehead atoms. The van der Waals surface area contributed by atoms with E-state index in [2.05, 4.69) is 41.5 Å². The number of hydrogen-bond donors (Lipinski definition) is 0. The van der Waals surface area contributed by atoms with Crippen molar-refractivity contribution in [3.63, 3.8) is 0 Å². The van der Waals surface area contributed by atoms with E-state index in [1.807, 2.05) is 0 Å². The molecule has 0 aliphatic carbocycles. The van der Waals surface area contributed by atoms with Crippen LogP contribution in [0.5, 0.6) is 0 Å². The minimum atomic E-state index is -1.78. The molecule has 0 radical (unpaired) electrons. The van der Waals surface area contributed by atoms with Gasteiger partial charge in [0.1, 0.15) is 0 Å². The molecule has 0 unspecified atom stereocenters. The highest BCUT2D eigenvalue weighted by molar-refractivity contribution is 6.87. The Morgan fingerprint density at radius 3 is 0.533 bits per heavy atom. The zero-order valence-corrected chi connectivity index (χ0v) is 34.9. The van der Waals surface area contributed by atoms with Crippen molar-refractivity contribution in [3.05, 3.63) is 0 Å². The summed E-state index contributed by atoms with van der Waals surface area (Å²) < 4.78 is 8.34. The quantitative estimate of drug-likeness (QED) is 0.0471. The first kappa shape index (κ1) is 45.4. The lowest BCUT2D eigenvalue weighted by Gasteiger charge is -2.44. The Morgan fingerprint density at radius 1 is 0.222 bits per heavy atom. The predicted molar refractivity (Wildman–Crippen MR) is 214 cm³/mol. The van der Waals surface area contributed by atoms with Crippen molar-refractivity contribution in [1.29, 1.82) is 0 Å². The van der Waals surface area contributed by atoms with Crippen molar-refractivity contribution in [3.8, 4) is 0 Å². The molecule has 0 aliphatic heterocycles. The van der Waals surface area contributed by atoms with Gasteiger partial charge in [-0.1, -0.05) is 234 Å². The second-order valence-electron chi connectivity index (χ2n) is 15.5. The Hall–Kier alpha value is 0.394. The van der Waals surface area contributed by atoms with E-state index in [-0.39, 0.29) is 0 Å². The average molecular weight is 667 g/mol. The Morgan fingerprint density at radius 2 is 0.378 bits per heavy atom. The summed E-state index contributed by atoms with van der Waals surface area (Å²) in [4.78, 5) is 0. The first-order valence-corrected chi connectivity index (χ1v) is 26.8. The maximum atomic E-state index is 8.34. The summed E-state index contributed by atoms with van der Waals surface area (Å²) in [6.07, 6.45) is 42.9. The van der Waals surface area contributed by atoms with Crippen LogP contribution >= 0.6 is 0 Å². The molecule has 0 rings (SSSR count). The zero-order valence-electron chi connectivity index (χ0n) is 32.9. The molecule has 0 aromatic carbocycles. The van der Waals surface area contributed by atoms with Crippen LogP contribution in [-0.2, 0) is 4.12 Å². The van der Waals surface area contributed by atoms with Crippen LogP contribution in [0.15, 0.2) is 0 Å². The van der Waals surface area contributed by atoms with Gasteiger partial charge in [0.2, 0.25) is 0 Å². The van der Waals surface area contributed by atoms with Gasteiger partial charge in [0.15, 0.2) is 16.6 Å². The van der Waals surface area contributed by atoms with Gasteiger partial charge in [0, 0.05) is 0 Å². The van der Waals surface area contributed by atoms with Gasteiger partial charge >= 0.3 is 0 Å². The molecule has 0 heterocycles. The minimum absolute atomic E-state index is 1.36. The third-order valence-corrected chi connectivity index (χ3v) is 21.9. The molecule has 3 heteroatoms. The second kappa shape index (κ2) is 34.3. The highest BCUT2D eigenvalue weighted by Gasteiger charge is 2.43. The van der Waals surface area contributed by atoms with Crippen molar-refractivity contribution >= 4 is 16.6 Å². The van der Waals surface area contributed by atoms with Crippen molar-refractivity contribution in [1.82, 2.24) is 0 Å². The average Bonchev–Trinajstić information content (AvgIpc) is 3.04. The largest absolute Gasteiger partial charge is 0.455 e. The van der Waals surface area contributed by atoms with Gasteiger partial charge in [-0.15, -0.1) is 0 Å².